The summed E-state index contributed by atoms with van der Waals surface area (Å²) < 4.78 is 5.40. The Kier molecular flexibility index (Phi) is 6.51. The number of benzene rings is 1. The maximum Gasteiger partial charge on any atom is 0.268 e. The van der Waals surface area contributed by atoms with Crippen LogP contribution in [0, 0.1) is 0 Å². The molecule has 2 rings (SSSR count). The Labute approximate surface area is 149 Å². The lowest BCUT2D eigenvalue weighted by Crippen LogP contribution is -2.51. The zero-order valence-corrected chi connectivity index (χ0v) is 14.7. The van der Waals surface area contributed by atoms with Gasteiger partial charge in [-0.2, -0.15) is 0 Å². The monoisotopic (exact) mass is 364 g/mol. The highest BCUT2D eigenvalue weighted by molar-refractivity contribution is 7.17. The highest BCUT2D eigenvalue weighted by atomic mass is 32.1. The molecule has 0 aliphatic heterocycles. The van der Waals surface area contributed by atoms with Gasteiger partial charge in [0.05, 0.1) is 17.6 Å². The van der Waals surface area contributed by atoms with E-state index in [4.69, 9.17) is 9.94 Å². The predicted molar refractivity (Wildman–Crippen MR) is 93.8 cm³/mol. The summed E-state index contributed by atoms with van der Waals surface area (Å²) in [6.45, 7) is 3.85. The molecule has 25 heavy (non-hydrogen) atoms. The van der Waals surface area contributed by atoms with Crippen molar-refractivity contribution in [3.8, 4) is 16.2 Å². The molecule has 0 unspecified atom stereocenters. The van der Waals surface area contributed by atoms with E-state index in [2.05, 4.69) is 5.32 Å². The predicted octanol–water partition coefficient (Wildman–Crippen LogP) is 1.80. The molecule has 0 aliphatic carbocycles. The highest BCUT2D eigenvalue weighted by Crippen LogP contribution is 2.29. The van der Waals surface area contributed by atoms with E-state index >= 15 is 0 Å². The van der Waals surface area contributed by atoms with Crippen LogP contribution in [0.3, 0.4) is 0 Å². The average molecular weight is 364 g/mol. The van der Waals surface area contributed by atoms with E-state index < -0.39 is 24.0 Å². The Morgan fingerprint density at radius 1 is 1.20 bits per heavy atom. The number of carbonyl (C=O) groups excluding carboxylic acids is 2. The molecular formula is C17H20N2O5S. The van der Waals surface area contributed by atoms with Gasteiger partial charge in [0.2, 0.25) is 0 Å². The first-order valence-corrected chi connectivity index (χ1v) is 8.53. The number of hydrogen-bond acceptors (Lipinski definition) is 6. The summed E-state index contributed by atoms with van der Waals surface area (Å²) in [7, 11) is 0. The lowest BCUT2D eigenvalue weighted by Gasteiger charge is -2.18. The van der Waals surface area contributed by atoms with Gasteiger partial charge in [-0.05, 0) is 55.8 Å². The number of carbonyl (C=O) groups is 2. The van der Waals surface area contributed by atoms with Gasteiger partial charge in [0.25, 0.3) is 11.8 Å². The summed E-state index contributed by atoms with van der Waals surface area (Å²) >= 11 is 1.26. The van der Waals surface area contributed by atoms with Crippen LogP contribution in [0.2, 0.25) is 0 Å². The first-order valence-electron chi connectivity index (χ1n) is 7.72. The number of ether oxygens (including phenoxy) is 1. The molecule has 1 aromatic heterocycles. The summed E-state index contributed by atoms with van der Waals surface area (Å²) in [4.78, 5) is 25.0. The Morgan fingerprint density at radius 2 is 1.88 bits per heavy atom. The number of nitrogens with one attached hydrogen (secondary N) is 2. The zero-order chi connectivity index (χ0) is 18.4. The SMILES string of the molecule is CCOc1ccc(-c2ccc(C(=O)N[C@H](C(=O)NO)[C@@H](C)O)s2)cc1. The molecule has 1 heterocycles. The van der Waals surface area contributed by atoms with Crippen molar-refractivity contribution in [2.45, 2.75) is 26.0 Å². The Morgan fingerprint density at radius 3 is 2.44 bits per heavy atom. The summed E-state index contributed by atoms with van der Waals surface area (Å²) in [5, 5.41) is 20.7. The van der Waals surface area contributed by atoms with Crippen LogP contribution in [0.25, 0.3) is 10.4 Å². The summed E-state index contributed by atoms with van der Waals surface area (Å²) in [5.41, 5.74) is 2.37. The van der Waals surface area contributed by atoms with Gasteiger partial charge >= 0.3 is 0 Å². The minimum Gasteiger partial charge on any atom is -0.494 e. The fourth-order valence-corrected chi connectivity index (χ4v) is 3.10. The molecule has 8 heteroatoms. The van der Waals surface area contributed by atoms with Gasteiger partial charge < -0.3 is 15.2 Å². The van der Waals surface area contributed by atoms with Gasteiger partial charge in [-0.1, -0.05) is 0 Å². The second kappa shape index (κ2) is 8.61. The fraction of sp³-hybridized carbons (Fsp3) is 0.294. The molecule has 0 aliphatic rings. The minimum atomic E-state index is -1.24. The number of rotatable bonds is 7. The molecule has 0 bridgehead atoms. The maximum atomic E-state index is 12.3. The van der Waals surface area contributed by atoms with Gasteiger partial charge in [-0.15, -0.1) is 11.3 Å². The summed E-state index contributed by atoms with van der Waals surface area (Å²) in [5.74, 6) is -0.612. The Hall–Kier alpha value is -2.42. The fourth-order valence-electron chi connectivity index (χ4n) is 2.18. The standard InChI is InChI=1S/C17H20N2O5S/c1-3-24-12-6-4-11(5-7-12)13-8-9-14(25-13)16(21)18-15(10(2)20)17(22)19-23/h4-10,15,20,23H,3H2,1-2H3,(H,18,21)(H,19,22)/t10-,15+/m1/s1. The first kappa shape index (κ1) is 18.9. The van der Waals surface area contributed by atoms with Gasteiger partial charge in [0, 0.05) is 4.88 Å². The van der Waals surface area contributed by atoms with Crippen molar-refractivity contribution in [3.63, 3.8) is 0 Å². The Bertz CT molecular complexity index is 727. The van der Waals surface area contributed by atoms with Crippen molar-refractivity contribution in [2.75, 3.05) is 6.61 Å². The average Bonchev–Trinajstić information content (AvgIpc) is 3.09. The van der Waals surface area contributed by atoms with Crippen molar-refractivity contribution in [3.05, 3.63) is 41.3 Å². The van der Waals surface area contributed by atoms with Crippen molar-refractivity contribution in [2.24, 2.45) is 0 Å². The van der Waals surface area contributed by atoms with Gasteiger partial charge in [0.1, 0.15) is 11.8 Å². The molecule has 4 N–H and O–H groups in total. The molecule has 0 radical (unpaired) electrons. The first-order chi connectivity index (χ1) is 12.0. The third kappa shape index (κ3) is 4.79. The molecule has 0 saturated carbocycles. The van der Waals surface area contributed by atoms with Crippen LogP contribution in [0.4, 0.5) is 0 Å². The molecule has 0 saturated heterocycles. The quantitative estimate of drug-likeness (QED) is 0.443. The van der Waals surface area contributed by atoms with E-state index in [-0.39, 0.29) is 0 Å². The largest absolute Gasteiger partial charge is 0.494 e. The van der Waals surface area contributed by atoms with Crippen LogP contribution in [-0.2, 0) is 4.79 Å². The van der Waals surface area contributed by atoms with E-state index in [0.717, 1.165) is 16.2 Å². The molecule has 0 fully saturated rings. The summed E-state index contributed by atoms with van der Waals surface area (Å²) in [6.07, 6.45) is -1.15. The molecule has 2 atom stereocenters. The second-order valence-corrected chi connectivity index (χ2v) is 6.37. The molecular weight excluding hydrogens is 344 g/mol. The lowest BCUT2D eigenvalue weighted by atomic mass is 10.1. The lowest BCUT2D eigenvalue weighted by molar-refractivity contribution is -0.133. The number of amides is 2. The van der Waals surface area contributed by atoms with Crippen LogP contribution >= 0.6 is 11.3 Å². The number of aliphatic hydroxyl groups is 1. The highest BCUT2D eigenvalue weighted by Gasteiger charge is 2.26. The molecule has 2 amide bonds. The third-order valence-electron chi connectivity index (χ3n) is 3.44. The van der Waals surface area contributed by atoms with Crippen molar-refractivity contribution in [1.29, 1.82) is 0 Å². The van der Waals surface area contributed by atoms with Crippen LogP contribution in [-0.4, -0.2) is 40.9 Å². The van der Waals surface area contributed by atoms with E-state index in [0.29, 0.717) is 11.5 Å². The van der Waals surface area contributed by atoms with E-state index in [1.165, 1.54) is 23.7 Å². The van der Waals surface area contributed by atoms with E-state index in [1.54, 1.807) is 12.1 Å². The molecule has 7 nitrogen and oxygen atoms in total. The summed E-state index contributed by atoms with van der Waals surface area (Å²) in [6, 6.07) is 9.71. The topological polar surface area (TPSA) is 108 Å². The van der Waals surface area contributed by atoms with Crippen LogP contribution in [0.1, 0.15) is 23.5 Å². The Balaban J connectivity index is 2.11. The van der Waals surface area contributed by atoms with Crippen LogP contribution < -0.4 is 15.5 Å². The normalized spacial score (nSPS) is 13.0. The number of thiophene rings is 1. The molecule has 0 spiro atoms. The van der Waals surface area contributed by atoms with Crippen molar-refractivity contribution >= 4 is 23.2 Å². The van der Waals surface area contributed by atoms with Gasteiger partial charge in [0.15, 0.2) is 0 Å². The van der Waals surface area contributed by atoms with Gasteiger partial charge in [-0.3, -0.25) is 14.8 Å². The third-order valence-corrected chi connectivity index (χ3v) is 4.57. The minimum absolute atomic E-state index is 0.389. The molecule has 134 valence electrons. The van der Waals surface area contributed by atoms with Crippen molar-refractivity contribution < 1.29 is 24.6 Å². The van der Waals surface area contributed by atoms with Gasteiger partial charge in [-0.25, -0.2) is 5.48 Å². The van der Waals surface area contributed by atoms with E-state index in [1.807, 2.05) is 31.2 Å². The van der Waals surface area contributed by atoms with Crippen LogP contribution in [0.5, 0.6) is 5.75 Å². The maximum absolute atomic E-state index is 12.3. The zero-order valence-electron chi connectivity index (χ0n) is 13.9. The van der Waals surface area contributed by atoms with E-state index in [9.17, 15) is 14.7 Å². The second-order valence-electron chi connectivity index (χ2n) is 5.29. The number of hydrogen-bond donors (Lipinski definition) is 4. The molecule has 2 aromatic rings. The number of hydroxylamine groups is 1. The molecule has 1 aromatic carbocycles. The van der Waals surface area contributed by atoms with Crippen molar-refractivity contribution in [1.82, 2.24) is 10.8 Å². The number of aliphatic hydroxyl groups excluding tert-OH is 1. The van der Waals surface area contributed by atoms with Crippen LogP contribution in [0.15, 0.2) is 36.4 Å². The smallest absolute Gasteiger partial charge is 0.268 e.